The van der Waals surface area contributed by atoms with Crippen LogP contribution in [0.3, 0.4) is 0 Å². The number of aromatic nitrogens is 2. The number of carboxylic acid groups (broad SMARTS) is 2. The number of aliphatic hydroxyl groups excluding tert-OH is 4. The van der Waals surface area contributed by atoms with Crippen molar-refractivity contribution in [2.24, 2.45) is 0 Å². The molecule has 46 heavy (non-hydrogen) atoms. The lowest BCUT2D eigenvalue weighted by atomic mass is 10.0. The molecule has 14 nitrogen and oxygen atoms in total. The van der Waals surface area contributed by atoms with Gasteiger partial charge in [-0.05, 0) is 77.9 Å². The molecule has 258 valence electrons. The number of hydrogen-bond acceptors (Lipinski definition) is 12. The van der Waals surface area contributed by atoms with Crippen molar-refractivity contribution in [1.29, 1.82) is 0 Å². The highest BCUT2D eigenvalue weighted by Gasteiger charge is 2.37. The van der Waals surface area contributed by atoms with Gasteiger partial charge in [0.25, 0.3) is 0 Å². The Hall–Kier alpha value is -3.92. The van der Waals surface area contributed by atoms with Gasteiger partial charge in [0, 0.05) is 24.5 Å². The van der Waals surface area contributed by atoms with Gasteiger partial charge in [-0.2, -0.15) is 0 Å². The van der Waals surface area contributed by atoms with E-state index in [9.17, 15) is 9.59 Å². The van der Waals surface area contributed by atoms with Gasteiger partial charge in [0.15, 0.2) is 12.2 Å². The van der Waals surface area contributed by atoms with Crippen LogP contribution >= 0.6 is 0 Å². The zero-order valence-electron chi connectivity index (χ0n) is 27.3. The second-order valence-corrected chi connectivity index (χ2v) is 9.98. The van der Waals surface area contributed by atoms with Crippen molar-refractivity contribution in [3.8, 4) is 11.5 Å². The molecule has 0 fully saturated rings. The number of aliphatic hydroxyl groups is 4. The van der Waals surface area contributed by atoms with E-state index in [-0.39, 0.29) is 0 Å². The van der Waals surface area contributed by atoms with Crippen molar-refractivity contribution in [3.63, 3.8) is 0 Å². The van der Waals surface area contributed by atoms with Gasteiger partial charge in [0.2, 0.25) is 0 Å². The Balaban J connectivity index is 0.000000663. The first-order valence-corrected chi connectivity index (χ1v) is 14.8. The van der Waals surface area contributed by atoms with Crippen LogP contribution in [0, 0.1) is 0 Å². The van der Waals surface area contributed by atoms with Crippen LogP contribution in [0.4, 0.5) is 0 Å². The van der Waals surface area contributed by atoms with Gasteiger partial charge in [0.1, 0.15) is 23.7 Å². The molecule has 0 spiro atoms. The maximum atomic E-state index is 10.1. The highest BCUT2D eigenvalue weighted by atomic mass is 16.5. The van der Waals surface area contributed by atoms with Crippen LogP contribution in [0.25, 0.3) is 12.2 Å². The van der Waals surface area contributed by atoms with Crippen molar-refractivity contribution >= 4 is 24.1 Å². The smallest absolute Gasteiger partial charge is 0.335 e. The fourth-order valence-electron chi connectivity index (χ4n) is 3.26. The fraction of sp³-hybridized carbons (Fsp3) is 0.500. The molecule has 0 aliphatic heterocycles. The average molecular weight is 651 g/mol. The molecule has 0 aromatic carbocycles. The number of hydrogen-bond donors (Lipinski definition) is 8. The number of pyridine rings is 2. The number of ether oxygens (including phenoxy) is 2. The SMILES string of the molecule is CCOc1cncc(/C=C/CC(C)NC)c1.CCOc1cncc(/C=C/CC(C)NC)c1.O=C(O)[C@@H](O)[C@H](O)[C@H](O)[C@@H](O)C(=O)O. The van der Waals surface area contributed by atoms with E-state index in [1.807, 2.05) is 52.5 Å². The van der Waals surface area contributed by atoms with E-state index in [0.29, 0.717) is 25.3 Å². The van der Waals surface area contributed by atoms with Crippen LogP contribution < -0.4 is 20.1 Å². The van der Waals surface area contributed by atoms with Gasteiger partial charge in [-0.15, -0.1) is 0 Å². The summed E-state index contributed by atoms with van der Waals surface area (Å²) in [5.41, 5.74) is 2.16. The minimum Gasteiger partial charge on any atom is -0.492 e. The van der Waals surface area contributed by atoms with E-state index in [2.05, 4.69) is 58.8 Å². The zero-order chi connectivity index (χ0) is 35.1. The number of carboxylic acids is 2. The Bertz CT molecular complexity index is 1110. The van der Waals surface area contributed by atoms with Crippen molar-refractivity contribution in [1.82, 2.24) is 20.6 Å². The summed E-state index contributed by atoms with van der Waals surface area (Å²) in [6.45, 7) is 9.59. The highest BCUT2D eigenvalue weighted by molar-refractivity contribution is 5.75. The van der Waals surface area contributed by atoms with Gasteiger partial charge in [-0.3, -0.25) is 9.97 Å². The summed E-state index contributed by atoms with van der Waals surface area (Å²) in [4.78, 5) is 28.4. The highest BCUT2D eigenvalue weighted by Crippen LogP contribution is 2.14. The van der Waals surface area contributed by atoms with E-state index < -0.39 is 36.4 Å². The van der Waals surface area contributed by atoms with Crippen LogP contribution in [-0.4, -0.2) is 116 Å². The molecule has 0 radical (unpaired) electrons. The summed E-state index contributed by atoms with van der Waals surface area (Å²) in [6.07, 6.45) is 8.31. The first kappa shape index (κ1) is 42.1. The zero-order valence-corrected chi connectivity index (χ0v) is 27.3. The molecule has 0 aliphatic carbocycles. The van der Waals surface area contributed by atoms with Gasteiger partial charge in [-0.1, -0.05) is 24.3 Å². The number of aliphatic carboxylic acids is 2. The Morgan fingerprint density at radius 3 is 1.35 bits per heavy atom. The Labute approximate surface area is 270 Å². The molecule has 0 saturated carbocycles. The van der Waals surface area contributed by atoms with Gasteiger partial charge in [0.05, 0.1) is 25.6 Å². The third kappa shape index (κ3) is 18.1. The Morgan fingerprint density at radius 1 is 0.717 bits per heavy atom. The van der Waals surface area contributed by atoms with Gasteiger partial charge in [-0.25, -0.2) is 9.59 Å². The van der Waals surface area contributed by atoms with Crippen molar-refractivity contribution in [3.05, 3.63) is 60.2 Å². The molecule has 2 rings (SSSR count). The third-order valence-electron chi connectivity index (χ3n) is 6.18. The van der Waals surface area contributed by atoms with E-state index in [1.165, 1.54) is 0 Å². The number of carbonyl (C=O) groups is 2. The van der Waals surface area contributed by atoms with E-state index in [1.54, 1.807) is 12.4 Å². The van der Waals surface area contributed by atoms with Crippen LogP contribution in [0.5, 0.6) is 11.5 Å². The van der Waals surface area contributed by atoms with E-state index in [0.717, 1.165) is 35.5 Å². The molecule has 8 N–H and O–H groups in total. The predicted molar refractivity (Wildman–Crippen MR) is 174 cm³/mol. The number of rotatable bonds is 17. The largest absolute Gasteiger partial charge is 0.492 e. The van der Waals surface area contributed by atoms with Crippen LogP contribution in [0.1, 0.15) is 51.7 Å². The minimum absolute atomic E-state index is 0.499. The monoisotopic (exact) mass is 650 g/mol. The molecular formula is C32H50N4O10. The summed E-state index contributed by atoms with van der Waals surface area (Å²) in [5, 5.41) is 57.8. The van der Waals surface area contributed by atoms with Crippen molar-refractivity contribution in [2.75, 3.05) is 27.3 Å². The first-order chi connectivity index (χ1) is 21.8. The third-order valence-corrected chi connectivity index (χ3v) is 6.18. The summed E-state index contributed by atoms with van der Waals surface area (Å²) >= 11 is 0. The standard InChI is InChI=1S/2C13H20N2O.C6H10O8/c2*1-4-16-13-8-12(9-15-10-13)7-5-6-11(2)14-3;7-1(3(9)5(11)12)2(8)4(10)6(13)14/h2*5,7-11,14H,4,6H2,1-3H3;1-4,7-10H,(H,11,12)(H,13,14)/b2*7-5+;/t;;1-,2+,3+,4-. The quantitative estimate of drug-likeness (QED) is 0.122. The molecule has 6 atom stereocenters. The topological polar surface area (TPSA) is 224 Å². The summed E-state index contributed by atoms with van der Waals surface area (Å²) < 4.78 is 10.8. The lowest BCUT2D eigenvalue weighted by Gasteiger charge is -2.21. The lowest BCUT2D eigenvalue weighted by molar-refractivity contribution is -0.172. The molecular weight excluding hydrogens is 600 g/mol. The second-order valence-electron chi connectivity index (χ2n) is 9.98. The van der Waals surface area contributed by atoms with Crippen molar-refractivity contribution < 1.29 is 49.7 Å². The molecule has 0 saturated heterocycles. The molecule has 2 aromatic heterocycles. The predicted octanol–water partition coefficient (Wildman–Crippen LogP) is 1.58. The molecule has 2 aromatic rings. The fourth-order valence-corrected chi connectivity index (χ4v) is 3.26. The van der Waals surface area contributed by atoms with Crippen molar-refractivity contribution in [2.45, 2.75) is 77.0 Å². The molecule has 0 bridgehead atoms. The van der Waals surface area contributed by atoms with E-state index >= 15 is 0 Å². The van der Waals surface area contributed by atoms with Gasteiger partial charge < -0.3 is 50.7 Å². The van der Waals surface area contributed by atoms with Crippen LogP contribution in [0.15, 0.2) is 49.1 Å². The summed E-state index contributed by atoms with van der Waals surface area (Å²) in [7, 11) is 3.94. The van der Waals surface area contributed by atoms with Crippen LogP contribution in [0.2, 0.25) is 0 Å². The molecule has 14 heteroatoms. The lowest BCUT2D eigenvalue weighted by Crippen LogP contribution is -2.49. The maximum Gasteiger partial charge on any atom is 0.335 e. The number of nitrogens with zero attached hydrogens (tertiary/aromatic N) is 2. The summed E-state index contributed by atoms with van der Waals surface area (Å²) in [5.74, 6) is -2.03. The normalized spacial score (nSPS) is 14.9. The first-order valence-electron chi connectivity index (χ1n) is 14.8. The number of nitrogens with one attached hydrogen (secondary N) is 2. The Kier molecular flexibility index (Phi) is 22.3. The minimum atomic E-state index is -2.36. The summed E-state index contributed by atoms with van der Waals surface area (Å²) in [6, 6.07) is 4.99. The second kappa shape index (κ2) is 24.3. The van der Waals surface area contributed by atoms with Crippen LogP contribution in [-0.2, 0) is 9.59 Å². The molecule has 0 aliphatic rings. The maximum absolute atomic E-state index is 10.1. The molecule has 2 unspecified atom stereocenters. The Morgan fingerprint density at radius 2 is 1.07 bits per heavy atom. The van der Waals surface area contributed by atoms with Gasteiger partial charge >= 0.3 is 11.9 Å². The van der Waals surface area contributed by atoms with E-state index in [4.69, 9.17) is 40.1 Å². The average Bonchev–Trinajstić information content (AvgIpc) is 3.04. The molecule has 0 amide bonds. The molecule has 2 heterocycles.